The van der Waals surface area contributed by atoms with Crippen molar-refractivity contribution in [2.45, 2.75) is 37.3 Å². The minimum absolute atomic E-state index is 0.109. The van der Waals surface area contributed by atoms with E-state index in [2.05, 4.69) is 9.64 Å². The van der Waals surface area contributed by atoms with Gasteiger partial charge in [-0.25, -0.2) is 4.79 Å². The molecule has 0 unspecified atom stereocenters. The lowest BCUT2D eigenvalue weighted by atomic mass is 9.71. The zero-order valence-corrected chi connectivity index (χ0v) is 21.9. The van der Waals surface area contributed by atoms with Gasteiger partial charge in [-0.15, -0.1) is 0 Å². The molecule has 0 radical (unpaired) electrons. The van der Waals surface area contributed by atoms with E-state index in [1.807, 2.05) is 0 Å². The van der Waals surface area contributed by atoms with Crippen molar-refractivity contribution in [1.29, 1.82) is 0 Å². The monoisotopic (exact) mass is 581 g/mol. The summed E-state index contributed by atoms with van der Waals surface area (Å²) in [7, 11) is 1.10. The van der Waals surface area contributed by atoms with Crippen molar-refractivity contribution in [3.05, 3.63) is 106 Å². The van der Waals surface area contributed by atoms with E-state index in [0.29, 0.717) is 32.5 Å². The summed E-state index contributed by atoms with van der Waals surface area (Å²) in [5.74, 6) is -0.497. The zero-order valence-electron chi connectivity index (χ0n) is 21.9. The molecule has 0 spiro atoms. The maximum absolute atomic E-state index is 13.2. The Morgan fingerprint density at radius 3 is 1.63 bits per heavy atom. The first-order valence-electron chi connectivity index (χ1n) is 12.7. The normalized spacial score (nSPS) is 15.5. The van der Waals surface area contributed by atoms with Gasteiger partial charge in [-0.3, -0.25) is 4.90 Å². The number of piperidine rings is 1. The predicted molar refractivity (Wildman–Crippen MR) is 139 cm³/mol. The summed E-state index contributed by atoms with van der Waals surface area (Å²) in [6, 6.07) is 14.4. The van der Waals surface area contributed by atoms with Gasteiger partial charge < -0.3 is 20.1 Å². The Hall–Kier alpha value is -3.61. The number of likely N-dealkylation sites (tertiary alicyclic amines) is 1. The van der Waals surface area contributed by atoms with Crippen LogP contribution in [0.5, 0.6) is 0 Å². The summed E-state index contributed by atoms with van der Waals surface area (Å²) in [4.78, 5) is 13.5. The Kier molecular flexibility index (Phi) is 8.67. The van der Waals surface area contributed by atoms with E-state index in [-0.39, 0.29) is 21.9 Å². The van der Waals surface area contributed by atoms with E-state index >= 15 is 0 Å². The van der Waals surface area contributed by atoms with E-state index in [1.165, 1.54) is 36.4 Å². The van der Waals surface area contributed by atoms with Crippen LogP contribution < -0.4 is 5.06 Å². The molecule has 1 amide bonds. The maximum Gasteiger partial charge on any atom is 0.416 e. The number of carbonyl (C=O) groups is 1. The van der Waals surface area contributed by atoms with Crippen molar-refractivity contribution in [1.82, 2.24) is 4.90 Å². The fourth-order valence-electron chi connectivity index (χ4n) is 5.16. The summed E-state index contributed by atoms with van der Waals surface area (Å²) in [5.41, 5.74) is -2.34. The number of methoxy groups -OCH3 is 1. The second-order valence-electron chi connectivity index (χ2n) is 9.90. The highest BCUT2D eigenvalue weighted by Crippen LogP contribution is 2.44. The topological polar surface area (TPSA) is 76.1 Å². The van der Waals surface area contributed by atoms with Gasteiger partial charge in [0, 0.05) is 12.2 Å². The number of benzene rings is 3. The Morgan fingerprint density at radius 1 is 0.829 bits per heavy atom. The number of amides is 1. The molecule has 6 nitrogen and oxygen atoms in total. The van der Waals surface area contributed by atoms with Gasteiger partial charge in [0.15, 0.2) is 0 Å². The molecule has 0 bridgehead atoms. The molecule has 4 rings (SSSR count). The molecule has 3 aromatic carbocycles. The van der Waals surface area contributed by atoms with E-state index < -0.39 is 41.1 Å². The Morgan fingerprint density at radius 2 is 1.24 bits per heavy atom. The largest absolute Gasteiger partial charge is 0.749 e. The third-order valence-corrected chi connectivity index (χ3v) is 7.40. The Balaban J connectivity index is 1.54. The van der Waals surface area contributed by atoms with Crippen molar-refractivity contribution in [3.63, 3.8) is 0 Å². The number of halogens is 6. The lowest BCUT2D eigenvalue weighted by molar-refractivity contribution is -0.138. The molecule has 12 heteroatoms. The number of hydrogen-bond donors (Lipinski definition) is 1. The highest BCUT2D eigenvalue weighted by molar-refractivity contribution is 5.88. The fraction of sp³-hybridized carbons (Fsp3) is 0.345. The van der Waals surface area contributed by atoms with Crippen LogP contribution in [0.25, 0.3) is 0 Å². The molecule has 220 valence electrons. The van der Waals surface area contributed by atoms with Crippen molar-refractivity contribution >= 4 is 11.8 Å². The molecular formula is C29H27F6N2O4-. The zero-order chi connectivity index (χ0) is 30.0. The van der Waals surface area contributed by atoms with E-state index in [1.54, 1.807) is 12.1 Å². The highest BCUT2D eigenvalue weighted by atomic mass is 19.4. The molecule has 1 heterocycles. The van der Waals surface area contributed by atoms with Crippen molar-refractivity contribution in [2.24, 2.45) is 5.92 Å². The van der Waals surface area contributed by atoms with Crippen LogP contribution in [0.3, 0.4) is 0 Å². The van der Waals surface area contributed by atoms with Crippen LogP contribution in [0, 0.1) is 11.1 Å². The second-order valence-corrected chi connectivity index (χ2v) is 9.90. The van der Waals surface area contributed by atoms with Gasteiger partial charge in [0.05, 0.1) is 18.2 Å². The summed E-state index contributed by atoms with van der Waals surface area (Å²) in [5, 5.41) is 24.0. The maximum atomic E-state index is 13.2. The number of ether oxygens (including phenoxy) is 1. The van der Waals surface area contributed by atoms with Gasteiger partial charge in [-0.1, -0.05) is 36.4 Å². The van der Waals surface area contributed by atoms with Crippen LogP contribution in [0.15, 0.2) is 72.8 Å². The molecule has 1 aliphatic rings. The third-order valence-electron chi connectivity index (χ3n) is 7.40. The standard InChI is InChI=1S/C29H27F6N2O4/c1-41-26(38)37(40)25-12-2-19(3-13-25)18-36-16-14-22(15-17-36)27(39,20-4-8-23(9-5-20)28(30,31)32)21-6-10-24(11-7-21)29(33,34)35/h2-13,22,39H,14-18H2,1H3/q-1. The van der Waals surface area contributed by atoms with E-state index in [4.69, 9.17) is 0 Å². The van der Waals surface area contributed by atoms with Crippen LogP contribution in [0.2, 0.25) is 0 Å². The summed E-state index contributed by atoms with van der Waals surface area (Å²) in [6.45, 7) is 1.47. The van der Waals surface area contributed by atoms with Crippen molar-refractivity contribution in [3.8, 4) is 0 Å². The number of aliphatic hydroxyl groups is 1. The summed E-state index contributed by atoms with van der Waals surface area (Å²) < 4.78 is 83.4. The van der Waals surface area contributed by atoms with Crippen LogP contribution in [0.1, 0.15) is 40.7 Å². The molecule has 1 fully saturated rings. The molecule has 0 aromatic heterocycles. The van der Waals surface area contributed by atoms with Crippen LogP contribution in [0.4, 0.5) is 36.8 Å². The molecule has 3 aromatic rings. The van der Waals surface area contributed by atoms with Crippen molar-refractivity contribution < 1.29 is 41.0 Å². The van der Waals surface area contributed by atoms with Gasteiger partial charge in [0.2, 0.25) is 0 Å². The fourth-order valence-corrected chi connectivity index (χ4v) is 5.16. The molecule has 41 heavy (non-hydrogen) atoms. The molecular weight excluding hydrogens is 554 g/mol. The second kappa shape index (κ2) is 11.7. The average molecular weight is 582 g/mol. The smallest absolute Gasteiger partial charge is 0.416 e. The number of rotatable bonds is 6. The van der Waals surface area contributed by atoms with Gasteiger partial charge in [0.25, 0.3) is 0 Å². The van der Waals surface area contributed by atoms with Gasteiger partial charge in [-0.2, -0.15) is 26.3 Å². The predicted octanol–water partition coefficient (Wildman–Crippen LogP) is 6.94. The number of carbonyl (C=O) groups excluding carboxylic acids is 1. The van der Waals surface area contributed by atoms with Crippen LogP contribution in [-0.2, 0) is 29.2 Å². The third kappa shape index (κ3) is 6.66. The van der Waals surface area contributed by atoms with Crippen LogP contribution in [-0.4, -0.2) is 36.3 Å². The van der Waals surface area contributed by atoms with E-state index in [9.17, 15) is 41.5 Å². The highest BCUT2D eigenvalue weighted by Gasteiger charge is 2.43. The van der Waals surface area contributed by atoms with E-state index in [0.717, 1.165) is 36.9 Å². The van der Waals surface area contributed by atoms with Gasteiger partial charge in [-0.05, 0) is 84.9 Å². The SMILES string of the molecule is COC(=O)N([O-])c1ccc(CN2CCC(C(O)(c3ccc(C(F)(F)F)cc3)c3ccc(C(F)(F)F)cc3)CC2)cc1. The number of nitrogens with zero attached hydrogens (tertiary/aromatic N) is 2. The number of hydrogen-bond acceptors (Lipinski definition) is 5. The number of anilines is 1. The molecule has 0 saturated carbocycles. The summed E-state index contributed by atoms with van der Waals surface area (Å²) in [6.07, 6.45) is -9.39. The van der Waals surface area contributed by atoms with Gasteiger partial charge in [0.1, 0.15) is 5.60 Å². The Bertz CT molecular complexity index is 1260. The number of hydroxylamine groups is 1. The average Bonchev–Trinajstić information content (AvgIpc) is 2.96. The minimum atomic E-state index is -4.58. The molecule has 1 aliphatic heterocycles. The number of alkyl halides is 6. The first kappa shape index (κ1) is 30.4. The van der Waals surface area contributed by atoms with Crippen molar-refractivity contribution in [2.75, 3.05) is 25.3 Å². The first-order chi connectivity index (χ1) is 19.2. The lowest BCUT2D eigenvalue weighted by Gasteiger charge is -2.42. The van der Waals surface area contributed by atoms with Gasteiger partial charge >= 0.3 is 18.4 Å². The first-order valence-corrected chi connectivity index (χ1v) is 12.7. The molecule has 0 aliphatic carbocycles. The molecule has 1 saturated heterocycles. The quantitative estimate of drug-likeness (QED) is 0.252. The molecule has 1 N–H and O–H groups in total. The summed E-state index contributed by atoms with van der Waals surface area (Å²) >= 11 is 0. The lowest BCUT2D eigenvalue weighted by Crippen LogP contribution is -2.44. The Labute approximate surface area is 232 Å². The van der Waals surface area contributed by atoms with Crippen LogP contribution >= 0.6 is 0 Å². The molecule has 0 atom stereocenters. The minimum Gasteiger partial charge on any atom is -0.749 e.